The van der Waals surface area contributed by atoms with Gasteiger partial charge in [-0.3, -0.25) is 14.2 Å². The fraction of sp³-hybridized carbons (Fsp3) is 0.280. The third-order valence-corrected chi connectivity index (χ3v) is 5.24. The molecule has 0 fully saturated rings. The SMILES string of the molecule is CCOc1ccc(CCNC(=O)Cn2cnc3onc(-c4ccc(F)cc4)c3c2=O)cc1OCC. The molecule has 2 heterocycles. The summed E-state index contributed by atoms with van der Waals surface area (Å²) in [5.74, 6) is 0.588. The van der Waals surface area contributed by atoms with E-state index >= 15 is 0 Å². The second-order valence-corrected chi connectivity index (χ2v) is 7.64. The molecule has 0 spiro atoms. The molecule has 2 aromatic heterocycles. The van der Waals surface area contributed by atoms with Crippen LogP contribution >= 0.6 is 0 Å². The summed E-state index contributed by atoms with van der Waals surface area (Å²) >= 11 is 0. The van der Waals surface area contributed by atoms with Crippen LogP contribution in [0, 0.1) is 5.82 Å². The van der Waals surface area contributed by atoms with Crippen LogP contribution < -0.4 is 20.3 Å². The van der Waals surface area contributed by atoms with Gasteiger partial charge in [0.05, 0.1) is 13.2 Å². The van der Waals surface area contributed by atoms with Crippen molar-refractivity contribution >= 4 is 17.0 Å². The summed E-state index contributed by atoms with van der Waals surface area (Å²) < 4.78 is 30.8. The molecular weight excluding hydrogens is 455 g/mol. The molecule has 0 aliphatic heterocycles. The van der Waals surface area contributed by atoms with Gasteiger partial charge in [0, 0.05) is 12.1 Å². The van der Waals surface area contributed by atoms with Gasteiger partial charge in [-0.15, -0.1) is 0 Å². The smallest absolute Gasteiger partial charge is 0.267 e. The predicted molar refractivity (Wildman–Crippen MR) is 127 cm³/mol. The maximum Gasteiger partial charge on any atom is 0.267 e. The number of benzene rings is 2. The molecule has 182 valence electrons. The highest BCUT2D eigenvalue weighted by Gasteiger charge is 2.18. The molecule has 0 bridgehead atoms. The van der Waals surface area contributed by atoms with Crippen LogP contribution in [0.4, 0.5) is 4.39 Å². The van der Waals surface area contributed by atoms with Crippen LogP contribution in [0.15, 0.2) is 58.1 Å². The standard InChI is InChI=1S/C25H25FN4O5/c1-3-33-19-10-5-16(13-20(19)34-4-2)11-12-27-21(31)14-30-15-28-24-22(25(30)32)23(29-35-24)17-6-8-18(26)9-7-17/h5-10,13,15H,3-4,11-12,14H2,1-2H3,(H,27,31). The van der Waals surface area contributed by atoms with E-state index in [1.807, 2.05) is 32.0 Å². The largest absolute Gasteiger partial charge is 0.490 e. The summed E-state index contributed by atoms with van der Waals surface area (Å²) in [6, 6.07) is 11.2. The third kappa shape index (κ3) is 5.48. The van der Waals surface area contributed by atoms with Gasteiger partial charge in [-0.2, -0.15) is 0 Å². The van der Waals surface area contributed by atoms with Crippen LogP contribution in [0.2, 0.25) is 0 Å². The van der Waals surface area contributed by atoms with Crippen LogP contribution in [0.1, 0.15) is 19.4 Å². The molecule has 9 nitrogen and oxygen atoms in total. The lowest BCUT2D eigenvalue weighted by atomic mass is 10.1. The second kappa shape index (κ2) is 10.8. The van der Waals surface area contributed by atoms with Crippen LogP contribution in [0.3, 0.4) is 0 Å². The topological polar surface area (TPSA) is 108 Å². The van der Waals surface area contributed by atoms with Gasteiger partial charge in [0.15, 0.2) is 11.5 Å². The zero-order valence-corrected chi connectivity index (χ0v) is 19.4. The Labute approximate surface area is 200 Å². The van der Waals surface area contributed by atoms with Gasteiger partial charge in [0.2, 0.25) is 5.91 Å². The molecule has 0 saturated heterocycles. The molecule has 10 heteroatoms. The fourth-order valence-electron chi connectivity index (χ4n) is 3.61. The average molecular weight is 480 g/mol. The molecule has 0 aliphatic carbocycles. The van der Waals surface area contributed by atoms with E-state index in [1.165, 1.54) is 35.2 Å². The summed E-state index contributed by atoms with van der Waals surface area (Å²) in [6.45, 7) is 5.02. The number of hydrogen-bond acceptors (Lipinski definition) is 7. The molecule has 0 atom stereocenters. The van der Waals surface area contributed by atoms with E-state index in [1.54, 1.807) is 0 Å². The molecular formula is C25H25FN4O5. The van der Waals surface area contributed by atoms with E-state index in [0.717, 1.165) is 5.56 Å². The lowest BCUT2D eigenvalue weighted by molar-refractivity contribution is -0.121. The summed E-state index contributed by atoms with van der Waals surface area (Å²) in [5, 5.41) is 6.85. The molecule has 2 aromatic carbocycles. The maximum atomic E-state index is 13.3. The number of amides is 1. The molecule has 0 unspecified atom stereocenters. The first-order valence-electron chi connectivity index (χ1n) is 11.3. The number of nitrogens with zero attached hydrogens (tertiary/aromatic N) is 3. The molecule has 35 heavy (non-hydrogen) atoms. The summed E-state index contributed by atoms with van der Waals surface area (Å²) in [7, 11) is 0. The predicted octanol–water partition coefficient (Wildman–Crippen LogP) is 3.35. The molecule has 1 N–H and O–H groups in total. The summed E-state index contributed by atoms with van der Waals surface area (Å²) in [5.41, 5.74) is 1.30. The number of ether oxygens (including phenoxy) is 2. The van der Waals surface area contributed by atoms with Gasteiger partial charge in [-0.05, 0) is 62.2 Å². The highest BCUT2D eigenvalue weighted by molar-refractivity contribution is 5.88. The first-order chi connectivity index (χ1) is 17.0. The van der Waals surface area contributed by atoms with E-state index in [2.05, 4.69) is 15.5 Å². The molecule has 0 saturated carbocycles. The minimum atomic E-state index is -0.474. The van der Waals surface area contributed by atoms with E-state index in [0.29, 0.717) is 43.2 Å². The van der Waals surface area contributed by atoms with Crippen molar-refractivity contribution in [2.24, 2.45) is 0 Å². The number of fused-ring (bicyclic) bond motifs is 1. The van der Waals surface area contributed by atoms with E-state index in [4.69, 9.17) is 14.0 Å². The van der Waals surface area contributed by atoms with Crippen molar-refractivity contribution in [2.75, 3.05) is 19.8 Å². The Morgan fingerprint density at radius 1 is 1.09 bits per heavy atom. The number of carbonyl (C=O) groups is 1. The van der Waals surface area contributed by atoms with Crippen molar-refractivity contribution in [1.82, 2.24) is 20.0 Å². The van der Waals surface area contributed by atoms with Gasteiger partial charge in [-0.25, -0.2) is 9.37 Å². The first-order valence-corrected chi connectivity index (χ1v) is 11.3. The zero-order chi connectivity index (χ0) is 24.8. The molecule has 4 aromatic rings. The summed E-state index contributed by atoms with van der Waals surface area (Å²) in [4.78, 5) is 29.6. The third-order valence-electron chi connectivity index (χ3n) is 5.24. The normalized spacial score (nSPS) is 10.9. The Balaban J connectivity index is 1.42. The number of rotatable bonds is 10. The first kappa shape index (κ1) is 23.9. The van der Waals surface area contributed by atoms with Crippen molar-refractivity contribution in [2.45, 2.75) is 26.8 Å². The monoisotopic (exact) mass is 480 g/mol. The summed E-state index contributed by atoms with van der Waals surface area (Å²) in [6.07, 6.45) is 1.81. The van der Waals surface area contributed by atoms with Crippen molar-refractivity contribution in [3.63, 3.8) is 0 Å². The van der Waals surface area contributed by atoms with Gasteiger partial charge in [0.1, 0.15) is 29.8 Å². The number of nitrogens with one attached hydrogen (secondary N) is 1. The van der Waals surface area contributed by atoms with Crippen molar-refractivity contribution in [1.29, 1.82) is 0 Å². The Morgan fingerprint density at radius 3 is 2.57 bits per heavy atom. The number of halogens is 1. The van der Waals surface area contributed by atoms with E-state index in [9.17, 15) is 14.0 Å². The van der Waals surface area contributed by atoms with Crippen molar-refractivity contribution in [3.8, 4) is 22.8 Å². The Hall–Kier alpha value is -4.21. The van der Waals surface area contributed by atoms with Crippen LogP contribution in [-0.4, -0.2) is 40.4 Å². The Morgan fingerprint density at radius 2 is 1.83 bits per heavy atom. The molecule has 1 amide bonds. The minimum Gasteiger partial charge on any atom is -0.490 e. The van der Waals surface area contributed by atoms with Crippen molar-refractivity contribution < 1.29 is 23.2 Å². The van der Waals surface area contributed by atoms with Crippen molar-refractivity contribution in [3.05, 3.63) is 70.5 Å². The fourth-order valence-corrected chi connectivity index (χ4v) is 3.61. The van der Waals surface area contributed by atoms with Gasteiger partial charge >= 0.3 is 0 Å². The van der Waals surface area contributed by atoms with E-state index in [-0.39, 0.29) is 29.2 Å². The molecule has 0 aliphatic rings. The Kier molecular flexibility index (Phi) is 7.39. The highest BCUT2D eigenvalue weighted by atomic mass is 19.1. The van der Waals surface area contributed by atoms with Gasteiger partial charge < -0.3 is 19.3 Å². The van der Waals surface area contributed by atoms with Crippen LogP contribution in [-0.2, 0) is 17.8 Å². The van der Waals surface area contributed by atoms with Gasteiger partial charge in [-0.1, -0.05) is 11.2 Å². The van der Waals surface area contributed by atoms with Gasteiger partial charge in [0.25, 0.3) is 11.3 Å². The maximum absolute atomic E-state index is 13.3. The number of hydrogen-bond donors (Lipinski definition) is 1. The lowest BCUT2D eigenvalue weighted by Crippen LogP contribution is -2.33. The molecule has 4 rings (SSSR count). The minimum absolute atomic E-state index is 0.0478. The zero-order valence-electron chi connectivity index (χ0n) is 19.4. The second-order valence-electron chi connectivity index (χ2n) is 7.64. The highest BCUT2D eigenvalue weighted by Crippen LogP contribution is 2.28. The Bertz CT molecular complexity index is 1380. The average Bonchev–Trinajstić information content (AvgIpc) is 3.28. The van der Waals surface area contributed by atoms with E-state index < -0.39 is 11.4 Å². The van der Waals surface area contributed by atoms with Crippen LogP contribution in [0.5, 0.6) is 11.5 Å². The molecule has 0 radical (unpaired) electrons. The number of aromatic nitrogens is 3. The lowest BCUT2D eigenvalue weighted by Gasteiger charge is -2.13. The number of carbonyl (C=O) groups excluding carboxylic acids is 1. The quantitative estimate of drug-likeness (QED) is 0.371. The van der Waals surface area contributed by atoms with Crippen LogP contribution in [0.25, 0.3) is 22.4 Å².